The molecule has 1 amide bonds. The monoisotopic (exact) mass is 412 g/mol. The van der Waals surface area contributed by atoms with Crippen LogP contribution in [0.1, 0.15) is 22.3 Å². The third-order valence-electron chi connectivity index (χ3n) is 5.48. The molecule has 2 aromatic carbocycles. The van der Waals surface area contributed by atoms with Crippen LogP contribution >= 0.6 is 0 Å². The van der Waals surface area contributed by atoms with Crippen LogP contribution in [0, 0.1) is 17.0 Å². The molecule has 0 spiro atoms. The van der Waals surface area contributed by atoms with Gasteiger partial charge in [-0.1, -0.05) is 18.2 Å². The van der Waals surface area contributed by atoms with Gasteiger partial charge >= 0.3 is 0 Å². The van der Waals surface area contributed by atoms with Gasteiger partial charge in [0.25, 0.3) is 11.6 Å². The second-order valence-electron chi connectivity index (χ2n) is 7.32. The van der Waals surface area contributed by atoms with E-state index < -0.39 is 4.92 Å². The number of carbonyl (C=O) groups excluding carboxylic acids is 1. The molecule has 0 aromatic heterocycles. The Balaban J connectivity index is 1.42. The van der Waals surface area contributed by atoms with Crippen molar-refractivity contribution in [1.29, 1.82) is 0 Å². The third-order valence-corrected chi connectivity index (χ3v) is 5.48. The highest BCUT2D eigenvalue weighted by atomic mass is 16.6. The van der Waals surface area contributed by atoms with Gasteiger partial charge in [0.1, 0.15) is 5.75 Å². The summed E-state index contributed by atoms with van der Waals surface area (Å²) in [5.41, 5.74) is 1.84. The molecule has 1 N–H and O–H groups in total. The molecule has 3 rings (SSSR count). The topological polar surface area (TPSA) is 88.0 Å². The summed E-state index contributed by atoms with van der Waals surface area (Å²) in [5, 5.41) is 13.9. The number of para-hydroxylation sites is 2. The predicted octanol–water partition coefficient (Wildman–Crippen LogP) is 2.85. The second-order valence-corrected chi connectivity index (χ2v) is 7.32. The highest BCUT2D eigenvalue weighted by molar-refractivity contribution is 5.96. The van der Waals surface area contributed by atoms with E-state index in [4.69, 9.17) is 4.74 Å². The average Bonchev–Trinajstić information content (AvgIpc) is 2.77. The van der Waals surface area contributed by atoms with E-state index >= 15 is 0 Å². The number of anilines is 1. The lowest BCUT2D eigenvalue weighted by Gasteiger charge is -2.36. The summed E-state index contributed by atoms with van der Waals surface area (Å²) in [6, 6.07) is 12.6. The summed E-state index contributed by atoms with van der Waals surface area (Å²) in [4.78, 5) is 27.7. The average molecular weight is 412 g/mol. The van der Waals surface area contributed by atoms with Crippen molar-refractivity contribution in [3.63, 3.8) is 0 Å². The maximum Gasteiger partial charge on any atom is 0.273 e. The molecule has 1 aliphatic rings. The molecular formula is C22H28N4O4. The Morgan fingerprint density at radius 1 is 1.13 bits per heavy atom. The fraction of sp³-hybridized carbons (Fsp3) is 0.409. The number of hydrogen-bond donors (Lipinski definition) is 1. The van der Waals surface area contributed by atoms with Gasteiger partial charge in [0, 0.05) is 49.9 Å². The van der Waals surface area contributed by atoms with Crippen molar-refractivity contribution < 1.29 is 14.5 Å². The van der Waals surface area contributed by atoms with Crippen molar-refractivity contribution in [2.45, 2.75) is 13.3 Å². The second kappa shape index (κ2) is 10.1. The number of piperazine rings is 1. The van der Waals surface area contributed by atoms with Gasteiger partial charge in [-0.15, -0.1) is 0 Å². The molecule has 160 valence electrons. The minimum absolute atomic E-state index is 0.0319. The van der Waals surface area contributed by atoms with E-state index in [1.807, 2.05) is 18.2 Å². The first-order chi connectivity index (χ1) is 14.5. The zero-order chi connectivity index (χ0) is 21.5. The molecule has 0 atom stereocenters. The van der Waals surface area contributed by atoms with Crippen LogP contribution in [0.2, 0.25) is 0 Å². The summed E-state index contributed by atoms with van der Waals surface area (Å²) in [5.74, 6) is 0.627. The molecular weight excluding hydrogens is 384 g/mol. The highest BCUT2D eigenvalue weighted by Gasteiger charge is 2.20. The van der Waals surface area contributed by atoms with Crippen LogP contribution in [0.3, 0.4) is 0 Å². The number of nitrogens with zero attached hydrogens (tertiary/aromatic N) is 3. The van der Waals surface area contributed by atoms with Gasteiger partial charge in [0.15, 0.2) is 0 Å². The number of ether oxygens (including phenoxy) is 1. The van der Waals surface area contributed by atoms with Gasteiger partial charge in [0.05, 0.1) is 17.7 Å². The quantitative estimate of drug-likeness (QED) is 0.408. The van der Waals surface area contributed by atoms with Crippen LogP contribution in [0.25, 0.3) is 0 Å². The van der Waals surface area contributed by atoms with E-state index in [9.17, 15) is 14.9 Å². The number of methoxy groups -OCH3 is 1. The molecule has 0 bridgehead atoms. The molecule has 1 saturated heterocycles. The summed E-state index contributed by atoms with van der Waals surface area (Å²) < 4.78 is 5.46. The molecule has 8 heteroatoms. The Hall–Kier alpha value is -3.13. The van der Waals surface area contributed by atoms with Crippen LogP contribution < -0.4 is 15.0 Å². The molecule has 1 aliphatic heterocycles. The minimum Gasteiger partial charge on any atom is -0.495 e. The smallest absolute Gasteiger partial charge is 0.273 e. The van der Waals surface area contributed by atoms with E-state index in [0.717, 1.165) is 50.6 Å². The Labute approximate surface area is 176 Å². The predicted molar refractivity (Wildman–Crippen MR) is 116 cm³/mol. The highest BCUT2D eigenvalue weighted by Crippen LogP contribution is 2.28. The van der Waals surface area contributed by atoms with E-state index in [1.165, 1.54) is 6.07 Å². The summed E-state index contributed by atoms with van der Waals surface area (Å²) in [7, 11) is 1.69. The third kappa shape index (κ3) is 5.07. The molecule has 2 aromatic rings. The molecule has 0 aliphatic carbocycles. The molecule has 8 nitrogen and oxygen atoms in total. The van der Waals surface area contributed by atoms with Gasteiger partial charge in [-0.3, -0.25) is 19.8 Å². The number of rotatable bonds is 8. The first-order valence-corrected chi connectivity index (χ1v) is 10.1. The van der Waals surface area contributed by atoms with Gasteiger partial charge in [-0.25, -0.2) is 0 Å². The van der Waals surface area contributed by atoms with Crippen molar-refractivity contribution in [2.75, 3.05) is 51.3 Å². The first-order valence-electron chi connectivity index (χ1n) is 10.1. The maximum absolute atomic E-state index is 12.4. The normalized spacial score (nSPS) is 14.4. The van der Waals surface area contributed by atoms with Gasteiger partial charge in [-0.05, 0) is 38.1 Å². The summed E-state index contributed by atoms with van der Waals surface area (Å²) in [6.07, 6.45) is 0.828. The Morgan fingerprint density at radius 2 is 1.87 bits per heavy atom. The minimum atomic E-state index is -0.462. The van der Waals surface area contributed by atoms with Crippen molar-refractivity contribution in [2.24, 2.45) is 0 Å². The molecule has 30 heavy (non-hydrogen) atoms. The van der Waals surface area contributed by atoms with Crippen LogP contribution in [-0.4, -0.2) is 62.1 Å². The zero-order valence-electron chi connectivity index (χ0n) is 17.5. The lowest BCUT2D eigenvalue weighted by Crippen LogP contribution is -2.47. The Bertz CT molecular complexity index is 894. The van der Waals surface area contributed by atoms with E-state index in [1.54, 1.807) is 26.2 Å². The van der Waals surface area contributed by atoms with E-state index in [0.29, 0.717) is 17.7 Å². The number of nitro benzene ring substituents is 1. The van der Waals surface area contributed by atoms with Crippen molar-refractivity contribution in [3.05, 3.63) is 63.7 Å². The first kappa shape index (κ1) is 21.6. The Kier molecular flexibility index (Phi) is 7.24. The summed E-state index contributed by atoms with van der Waals surface area (Å²) in [6.45, 7) is 6.81. The standard InChI is InChI=1S/C22H28N4O4/c1-17-18(7-5-9-19(17)26(28)29)22(27)23-11-6-12-24-13-15-25(16-14-24)20-8-3-4-10-21(20)30-2/h3-5,7-10H,6,11-16H2,1-2H3,(H,23,27). The number of amides is 1. The molecule has 0 saturated carbocycles. The summed E-state index contributed by atoms with van der Waals surface area (Å²) >= 11 is 0. The van der Waals surface area contributed by atoms with E-state index in [-0.39, 0.29) is 11.6 Å². The van der Waals surface area contributed by atoms with E-state index in [2.05, 4.69) is 21.2 Å². The number of nitro groups is 1. The van der Waals surface area contributed by atoms with Crippen molar-refractivity contribution >= 4 is 17.3 Å². The van der Waals surface area contributed by atoms with Gasteiger partial charge in [0.2, 0.25) is 0 Å². The SMILES string of the molecule is COc1ccccc1N1CCN(CCCNC(=O)c2cccc([N+](=O)[O-])c2C)CC1. The molecule has 1 fully saturated rings. The van der Waals surface area contributed by atoms with Gasteiger partial charge < -0.3 is 15.0 Å². The largest absolute Gasteiger partial charge is 0.495 e. The van der Waals surface area contributed by atoms with Crippen LogP contribution in [0.15, 0.2) is 42.5 Å². The van der Waals surface area contributed by atoms with Gasteiger partial charge in [-0.2, -0.15) is 0 Å². The molecule has 1 heterocycles. The number of nitrogens with one attached hydrogen (secondary N) is 1. The fourth-order valence-electron chi connectivity index (χ4n) is 3.77. The van der Waals surface area contributed by atoms with Crippen LogP contribution in [0.5, 0.6) is 5.75 Å². The molecule has 0 unspecified atom stereocenters. The van der Waals surface area contributed by atoms with Crippen LogP contribution in [0.4, 0.5) is 11.4 Å². The van der Waals surface area contributed by atoms with Crippen molar-refractivity contribution in [1.82, 2.24) is 10.2 Å². The number of carbonyl (C=O) groups is 1. The van der Waals surface area contributed by atoms with Crippen molar-refractivity contribution in [3.8, 4) is 5.75 Å². The number of hydrogen-bond acceptors (Lipinski definition) is 6. The maximum atomic E-state index is 12.4. The number of benzene rings is 2. The zero-order valence-corrected chi connectivity index (χ0v) is 17.5. The fourth-order valence-corrected chi connectivity index (χ4v) is 3.77. The lowest BCUT2D eigenvalue weighted by molar-refractivity contribution is -0.385. The lowest BCUT2D eigenvalue weighted by atomic mass is 10.1. The molecule has 0 radical (unpaired) electrons. The van der Waals surface area contributed by atoms with Crippen LogP contribution in [-0.2, 0) is 0 Å². The Morgan fingerprint density at radius 3 is 2.57 bits per heavy atom.